The Morgan fingerprint density at radius 2 is 1.54 bits per heavy atom. The van der Waals surface area contributed by atoms with Gasteiger partial charge in [-0.25, -0.2) is 0 Å². The molecule has 0 spiro atoms. The summed E-state index contributed by atoms with van der Waals surface area (Å²) in [6, 6.07) is 4.19. The first-order chi connectivity index (χ1) is 13.1. The number of ether oxygens (including phenoxy) is 1. The van der Waals surface area contributed by atoms with Crippen LogP contribution < -0.4 is 5.32 Å². The van der Waals surface area contributed by atoms with Crippen molar-refractivity contribution in [3.05, 3.63) is 29.8 Å². The number of nitrogens with one attached hydrogen (secondary N) is 1. The van der Waals surface area contributed by atoms with E-state index in [9.17, 15) is 22.8 Å². The Bertz CT molecular complexity index is 737. The van der Waals surface area contributed by atoms with Gasteiger partial charge < -0.3 is 10.1 Å². The fourth-order valence-corrected chi connectivity index (χ4v) is 5.69. The Kier molecular flexibility index (Phi) is 4.67. The van der Waals surface area contributed by atoms with Gasteiger partial charge >= 0.3 is 12.1 Å². The number of benzene rings is 1. The number of esters is 1. The highest BCUT2D eigenvalue weighted by atomic mass is 19.4. The van der Waals surface area contributed by atoms with E-state index in [-0.39, 0.29) is 11.7 Å². The summed E-state index contributed by atoms with van der Waals surface area (Å²) in [5.41, 5.74) is -1.00. The molecule has 0 saturated heterocycles. The molecule has 152 valence electrons. The summed E-state index contributed by atoms with van der Waals surface area (Å²) in [4.78, 5) is 25.2. The minimum Gasteiger partial charge on any atom is -0.452 e. The Hall–Kier alpha value is -2.05. The standard InChI is InChI=1S/C21H24F3NO3/c1-12(18(26)25-17-4-2-16(3-5-17)21(22,23)24)28-19(27)20-9-13-6-14(10-20)8-15(7-13)11-20/h2-5,12-15H,6-11H2,1H3,(H,25,26)/t12-,13?,14?,15?,20?/m1/s1. The fraction of sp³-hybridized carbons (Fsp3) is 0.619. The molecule has 4 saturated carbocycles. The number of alkyl halides is 3. The molecule has 1 N–H and O–H groups in total. The lowest BCUT2D eigenvalue weighted by Crippen LogP contribution is -2.51. The predicted molar refractivity (Wildman–Crippen MR) is 96.2 cm³/mol. The van der Waals surface area contributed by atoms with Crippen LogP contribution in [0, 0.1) is 23.2 Å². The Labute approximate surface area is 161 Å². The van der Waals surface area contributed by atoms with Crippen LogP contribution in [0.3, 0.4) is 0 Å². The summed E-state index contributed by atoms with van der Waals surface area (Å²) in [5.74, 6) is 0.944. The monoisotopic (exact) mass is 395 g/mol. The van der Waals surface area contributed by atoms with E-state index >= 15 is 0 Å². The predicted octanol–water partition coefficient (Wildman–Crippen LogP) is 4.79. The third-order valence-corrected chi connectivity index (χ3v) is 6.60. The number of carbonyl (C=O) groups excluding carboxylic acids is 2. The van der Waals surface area contributed by atoms with Gasteiger partial charge in [0, 0.05) is 5.69 Å². The average molecular weight is 395 g/mol. The molecule has 7 heteroatoms. The first kappa shape index (κ1) is 19.3. The summed E-state index contributed by atoms with van der Waals surface area (Å²) in [6.07, 6.45) is 0.747. The molecule has 0 aromatic heterocycles. The molecule has 1 amide bonds. The van der Waals surface area contributed by atoms with E-state index in [0.717, 1.165) is 31.4 Å². The number of halogens is 3. The lowest BCUT2D eigenvalue weighted by Gasteiger charge is -2.55. The first-order valence-electron chi connectivity index (χ1n) is 9.84. The maximum atomic E-state index is 12.9. The fourth-order valence-electron chi connectivity index (χ4n) is 5.69. The maximum Gasteiger partial charge on any atom is 0.416 e. The van der Waals surface area contributed by atoms with Crippen molar-refractivity contribution in [3.8, 4) is 0 Å². The van der Waals surface area contributed by atoms with E-state index in [0.29, 0.717) is 17.8 Å². The van der Waals surface area contributed by atoms with Crippen LogP contribution in [-0.4, -0.2) is 18.0 Å². The van der Waals surface area contributed by atoms with Gasteiger partial charge in [-0.3, -0.25) is 9.59 Å². The van der Waals surface area contributed by atoms with Crippen molar-refractivity contribution in [2.45, 2.75) is 57.7 Å². The van der Waals surface area contributed by atoms with Crippen molar-refractivity contribution in [1.82, 2.24) is 0 Å². The SMILES string of the molecule is C[C@@H](OC(=O)C12CC3CC(CC(C3)C1)C2)C(=O)Nc1ccc(C(F)(F)F)cc1. The van der Waals surface area contributed by atoms with Crippen LogP contribution in [0.1, 0.15) is 51.0 Å². The van der Waals surface area contributed by atoms with Crippen molar-refractivity contribution < 1.29 is 27.5 Å². The molecule has 1 aromatic rings. The highest BCUT2D eigenvalue weighted by Gasteiger charge is 2.55. The van der Waals surface area contributed by atoms with Gasteiger partial charge in [0.15, 0.2) is 6.10 Å². The van der Waals surface area contributed by atoms with Crippen LogP contribution in [-0.2, 0) is 20.5 Å². The minimum absolute atomic E-state index is 0.232. The molecule has 1 atom stereocenters. The van der Waals surface area contributed by atoms with Crippen LogP contribution in [0.15, 0.2) is 24.3 Å². The van der Waals surface area contributed by atoms with E-state index in [4.69, 9.17) is 4.74 Å². The van der Waals surface area contributed by atoms with Gasteiger partial charge in [0.2, 0.25) is 0 Å². The Balaban J connectivity index is 1.36. The zero-order valence-electron chi connectivity index (χ0n) is 15.7. The molecule has 5 rings (SSSR count). The molecule has 0 unspecified atom stereocenters. The quantitative estimate of drug-likeness (QED) is 0.746. The van der Waals surface area contributed by atoms with Gasteiger partial charge in [-0.05, 0) is 87.5 Å². The molecule has 4 aliphatic carbocycles. The van der Waals surface area contributed by atoms with Crippen LogP contribution in [0.4, 0.5) is 18.9 Å². The lowest BCUT2D eigenvalue weighted by atomic mass is 9.49. The topological polar surface area (TPSA) is 55.4 Å². The normalized spacial score (nSPS) is 32.1. The number of hydrogen-bond acceptors (Lipinski definition) is 3. The summed E-state index contributed by atoms with van der Waals surface area (Å²) < 4.78 is 43.4. The van der Waals surface area contributed by atoms with E-state index in [1.165, 1.54) is 38.3 Å². The zero-order chi connectivity index (χ0) is 20.1. The Morgan fingerprint density at radius 3 is 2.00 bits per heavy atom. The summed E-state index contributed by atoms with van der Waals surface area (Å²) in [5, 5.41) is 2.52. The van der Waals surface area contributed by atoms with Crippen molar-refractivity contribution in [1.29, 1.82) is 0 Å². The van der Waals surface area contributed by atoms with Gasteiger partial charge in [0.05, 0.1) is 11.0 Å². The second-order valence-electron chi connectivity index (χ2n) is 8.81. The molecular formula is C21H24F3NO3. The number of carbonyl (C=O) groups is 2. The average Bonchev–Trinajstić information content (AvgIpc) is 2.60. The summed E-state index contributed by atoms with van der Waals surface area (Å²) >= 11 is 0. The summed E-state index contributed by atoms with van der Waals surface area (Å²) in [6.45, 7) is 1.50. The number of rotatable bonds is 4. The zero-order valence-corrected chi connectivity index (χ0v) is 15.7. The highest BCUT2D eigenvalue weighted by molar-refractivity contribution is 5.95. The molecule has 28 heavy (non-hydrogen) atoms. The van der Waals surface area contributed by atoms with Crippen LogP contribution >= 0.6 is 0 Å². The van der Waals surface area contributed by atoms with Crippen LogP contribution in [0.2, 0.25) is 0 Å². The van der Waals surface area contributed by atoms with Crippen molar-refractivity contribution in [2.24, 2.45) is 23.2 Å². The third-order valence-electron chi connectivity index (χ3n) is 6.60. The molecular weight excluding hydrogens is 371 g/mol. The molecule has 0 aliphatic heterocycles. The van der Waals surface area contributed by atoms with E-state index in [1.54, 1.807) is 0 Å². The number of anilines is 1. The molecule has 0 heterocycles. The van der Waals surface area contributed by atoms with E-state index in [2.05, 4.69) is 5.32 Å². The van der Waals surface area contributed by atoms with E-state index in [1.807, 2.05) is 0 Å². The number of hydrogen-bond donors (Lipinski definition) is 1. The number of amides is 1. The van der Waals surface area contributed by atoms with Gasteiger partial charge in [-0.1, -0.05) is 0 Å². The van der Waals surface area contributed by atoms with Crippen molar-refractivity contribution in [2.75, 3.05) is 5.32 Å². The van der Waals surface area contributed by atoms with Crippen molar-refractivity contribution >= 4 is 17.6 Å². The third kappa shape index (κ3) is 3.63. The highest BCUT2D eigenvalue weighted by Crippen LogP contribution is 2.60. The van der Waals surface area contributed by atoms with Crippen molar-refractivity contribution in [3.63, 3.8) is 0 Å². The molecule has 4 nitrogen and oxygen atoms in total. The van der Waals surface area contributed by atoms with Crippen LogP contribution in [0.25, 0.3) is 0 Å². The van der Waals surface area contributed by atoms with Gasteiger partial charge in [-0.15, -0.1) is 0 Å². The van der Waals surface area contributed by atoms with Crippen LogP contribution in [0.5, 0.6) is 0 Å². The molecule has 4 aliphatic rings. The van der Waals surface area contributed by atoms with Gasteiger partial charge in [0.1, 0.15) is 0 Å². The van der Waals surface area contributed by atoms with Gasteiger partial charge in [0.25, 0.3) is 5.91 Å². The van der Waals surface area contributed by atoms with Gasteiger partial charge in [-0.2, -0.15) is 13.2 Å². The largest absolute Gasteiger partial charge is 0.452 e. The second-order valence-corrected chi connectivity index (χ2v) is 8.81. The van der Waals surface area contributed by atoms with E-state index < -0.39 is 29.2 Å². The molecule has 4 bridgehead atoms. The Morgan fingerprint density at radius 1 is 1.04 bits per heavy atom. The second kappa shape index (κ2) is 6.78. The molecule has 0 radical (unpaired) electrons. The molecule has 4 fully saturated rings. The molecule has 1 aromatic carbocycles. The minimum atomic E-state index is -4.43. The first-order valence-corrected chi connectivity index (χ1v) is 9.84. The lowest BCUT2D eigenvalue weighted by molar-refractivity contribution is -0.177. The smallest absolute Gasteiger partial charge is 0.416 e. The summed E-state index contributed by atoms with van der Waals surface area (Å²) in [7, 11) is 0. The maximum absolute atomic E-state index is 12.9.